The van der Waals surface area contributed by atoms with Gasteiger partial charge in [0.2, 0.25) is 11.3 Å². The Labute approximate surface area is 209 Å². The molecular formula is C25H24FN5O6. The smallest absolute Gasteiger partial charge is 0.341 e. The molecule has 1 aliphatic carbocycles. The second-order valence-corrected chi connectivity index (χ2v) is 9.25. The lowest BCUT2D eigenvalue weighted by atomic mass is 10.1. The van der Waals surface area contributed by atoms with Crippen molar-refractivity contribution in [2.45, 2.75) is 18.9 Å². The molecule has 0 bridgehead atoms. The van der Waals surface area contributed by atoms with E-state index in [9.17, 15) is 29.6 Å². The number of aromatic carboxylic acids is 1. The number of carbonyl (C=O) groups excluding carboxylic acids is 1. The Bertz CT molecular complexity index is 1460. The van der Waals surface area contributed by atoms with Crippen LogP contribution in [-0.2, 0) is 4.79 Å². The van der Waals surface area contributed by atoms with Gasteiger partial charge >= 0.3 is 5.97 Å². The summed E-state index contributed by atoms with van der Waals surface area (Å²) >= 11 is 0. The highest BCUT2D eigenvalue weighted by Gasteiger charge is 2.28. The average Bonchev–Trinajstić information content (AvgIpc) is 3.70. The Morgan fingerprint density at radius 3 is 2.38 bits per heavy atom. The zero-order valence-electron chi connectivity index (χ0n) is 19.7. The van der Waals surface area contributed by atoms with E-state index in [1.807, 2.05) is 9.80 Å². The van der Waals surface area contributed by atoms with E-state index in [0.717, 1.165) is 18.9 Å². The fourth-order valence-electron chi connectivity index (χ4n) is 4.63. The van der Waals surface area contributed by atoms with Crippen molar-refractivity contribution < 1.29 is 24.0 Å². The molecule has 5 rings (SSSR count). The average molecular weight is 509 g/mol. The number of amides is 1. The lowest BCUT2D eigenvalue weighted by molar-refractivity contribution is -0.384. The number of aromatic nitrogens is 1. The molecule has 192 valence electrons. The third-order valence-corrected chi connectivity index (χ3v) is 6.71. The molecule has 0 atom stereocenters. The first kappa shape index (κ1) is 24.4. The van der Waals surface area contributed by atoms with Crippen molar-refractivity contribution in [2.75, 3.05) is 42.9 Å². The topological polar surface area (TPSA) is 138 Å². The molecule has 1 saturated carbocycles. The van der Waals surface area contributed by atoms with Crippen molar-refractivity contribution >= 4 is 39.8 Å². The molecule has 37 heavy (non-hydrogen) atoms. The van der Waals surface area contributed by atoms with Gasteiger partial charge in [-0.05, 0) is 37.1 Å². The molecule has 11 nitrogen and oxygen atoms in total. The zero-order chi connectivity index (χ0) is 26.3. The number of non-ortho nitro benzene ring substituents is 1. The molecule has 2 N–H and O–H groups in total. The predicted octanol–water partition coefficient (Wildman–Crippen LogP) is 2.84. The standard InChI is InChI=1S/C25H24FN5O6/c26-20-11-18-21(30(16-5-6-16)13-19(24(18)33)25(34)35)12-22(20)29-9-7-28(8-10-29)14-23(32)27-15-1-3-17(4-2-15)31(36)37/h1-4,11-13,16H,5-10,14H2,(H,27,32)(H,34,35). The number of anilines is 2. The molecule has 0 unspecified atom stereocenters. The largest absolute Gasteiger partial charge is 0.477 e. The number of nitrogens with zero attached hydrogens (tertiary/aromatic N) is 4. The van der Waals surface area contributed by atoms with Crippen molar-refractivity contribution in [3.63, 3.8) is 0 Å². The third kappa shape index (κ3) is 5.00. The highest BCUT2D eigenvalue weighted by molar-refractivity contribution is 5.94. The number of nitrogens with one attached hydrogen (secondary N) is 1. The lowest BCUT2D eigenvalue weighted by Crippen LogP contribution is -2.49. The number of piperazine rings is 1. The Morgan fingerprint density at radius 1 is 1.11 bits per heavy atom. The van der Waals surface area contributed by atoms with Crippen LogP contribution in [0.25, 0.3) is 10.9 Å². The molecule has 2 heterocycles. The van der Waals surface area contributed by atoms with Crippen molar-refractivity contribution in [3.8, 4) is 0 Å². The Kier molecular flexibility index (Phi) is 6.34. The molecule has 2 aromatic carbocycles. The SMILES string of the molecule is O=C(CN1CCN(c2cc3c(cc2F)c(=O)c(C(=O)O)cn3C2CC2)CC1)Nc1ccc([N+](=O)[O-])cc1. The third-order valence-electron chi connectivity index (χ3n) is 6.71. The lowest BCUT2D eigenvalue weighted by Gasteiger charge is -2.36. The summed E-state index contributed by atoms with van der Waals surface area (Å²) in [5, 5.41) is 22.9. The van der Waals surface area contributed by atoms with Crippen molar-refractivity contribution in [2.24, 2.45) is 0 Å². The highest BCUT2D eigenvalue weighted by Crippen LogP contribution is 2.38. The van der Waals surface area contributed by atoms with E-state index in [1.165, 1.54) is 30.5 Å². The fraction of sp³-hybridized carbons (Fsp3) is 0.320. The van der Waals surface area contributed by atoms with Gasteiger partial charge < -0.3 is 19.9 Å². The predicted molar refractivity (Wildman–Crippen MR) is 134 cm³/mol. The van der Waals surface area contributed by atoms with Crippen LogP contribution in [-0.4, -0.2) is 64.1 Å². The van der Waals surface area contributed by atoms with Crippen LogP contribution in [0.4, 0.5) is 21.5 Å². The maximum atomic E-state index is 15.1. The summed E-state index contributed by atoms with van der Waals surface area (Å²) in [6.07, 6.45) is 3.09. The van der Waals surface area contributed by atoms with Gasteiger partial charge in [-0.3, -0.25) is 24.6 Å². The van der Waals surface area contributed by atoms with Crippen molar-refractivity contribution in [3.05, 3.63) is 74.3 Å². The summed E-state index contributed by atoms with van der Waals surface area (Å²) in [7, 11) is 0. The molecule has 2 aliphatic rings. The van der Waals surface area contributed by atoms with E-state index in [2.05, 4.69) is 5.32 Å². The molecule has 1 saturated heterocycles. The summed E-state index contributed by atoms with van der Waals surface area (Å²) in [5.41, 5.74) is 0.172. The number of nitro groups is 1. The Morgan fingerprint density at radius 2 is 1.78 bits per heavy atom. The number of carbonyl (C=O) groups is 2. The number of halogens is 1. The summed E-state index contributed by atoms with van der Waals surface area (Å²) in [4.78, 5) is 50.7. The first-order valence-corrected chi connectivity index (χ1v) is 11.8. The summed E-state index contributed by atoms with van der Waals surface area (Å²) in [6, 6.07) is 8.41. The highest BCUT2D eigenvalue weighted by atomic mass is 19.1. The summed E-state index contributed by atoms with van der Waals surface area (Å²) in [5.74, 6) is -2.19. The van der Waals surface area contributed by atoms with Crippen molar-refractivity contribution in [1.29, 1.82) is 0 Å². The number of rotatable bonds is 7. The van der Waals surface area contributed by atoms with Gasteiger partial charge in [0, 0.05) is 61.6 Å². The first-order chi connectivity index (χ1) is 17.7. The van der Waals surface area contributed by atoms with Crippen LogP contribution >= 0.6 is 0 Å². The van der Waals surface area contributed by atoms with Crippen LogP contribution in [0.3, 0.4) is 0 Å². The number of hydrogen-bond acceptors (Lipinski definition) is 7. The van der Waals surface area contributed by atoms with E-state index >= 15 is 4.39 Å². The van der Waals surface area contributed by atoms with Crippen LogP contribution in [0.2, 0.25) is 0 Å². The molecule has 3 aromatic rings. The summed E-state index contributed by atoms with van der Waals surface area (Å²) < 4.78 is 16.9. The van der Waals surface area contributed by atoms with Crippen LogP contribution in [0, 0.1) is 15.9 Å². The van der Waals surface area contributed by atoms with E-state index in [-0.39, 0.29) is 35.1 Å². The van der Waals surface area contributed by atoms with Gasteiger partial charge in [-0.15, -0.1) is 0 Å². The molecule has 0 spiro atoms. The van der Waals surface area contributed by atoms with Gasteiger partial charge in [-0.1, -0.05) is 0 Å². The minimum Gasteiger partial charge on any atom is -0.477 e. The van der Waals surface area contributed by atoms with E-state index < -0.39 is 22.1 Å². The van der Waals surface area contributed by atoms with Crippen LogP contribution < -0.4 is 15.6 Å². The molecule has 2 fully saturated rings. The Hall–Kier alpha value is -4.32. The number of carboxylic acids is 1. The number of hydrogen-bond donors (Lipinski definition) is 2. The van der Waals surface area contributed by atoms with E-state index in [0.29, 0.717) is 43.1 Å². The quantitative estimate of drug-likeness (QED) is 0.366. The number of pyridine rings is 1. The normalized spacial score (nSPS) is 16.1. The Balaban J connectivity index is 1.28. The molecule has 12 heteroatoms. The van der Waals surface area contributed by atoms with Gasteiger partial charge in [0.05, 0.1) is 22.7 Å². The molecular weight excluding hydrogens is 485 g/mol. The minimum absolute atomic E-state index is 0.0506. The fourth-order valence-corrected chi connectivity index (χ4v) is 4.63. The van der Waals surface area contributed by atoms with Gasteiger partial charge in [0.1, 0.15) is 11.4 Å². The number of benzene rings is 2. The second-order valence-electron chi connectivity index (χ2n) is 9.25. The molecule has 1 aliphatic heterocycles. The monoisotopic (exact) mass is 509 g/mol. The van der Waals surface area contributed by atoms with Crippen LogP contribution in [0.15, 0.2) is 47.4 Å². The maximum absolute atomic E-state index is 15.1. The zero-order valence-corrected chi connectivity index (χ0v) is 19.7. The maximum Gasteiger partial charge on any atom is 0.341 e. The number of fused-ring (bicyclic) bond motifs is 1. The molecule has 1 amide bonds. The second kappa shape index (κ2) is 9.62. The van der Waals surface area contributed by atoms with Crippen LogP contribution in [0.1, 0.15) is 29.2 Å². The van der Waals surface area contributed by atoms with E-state index in [1.54, 1.807) is 10.6 Å². The molecule has 0 radical (unpaired) electrons. The number of nitro benzene ring substituents is 1. The van der Waals surface area contributed by atoms with Crippen molar-refractivity contribution in [1.82, 2.24) is 9.47 Å². The first-order valence-electron chi connectivity index (χ1n) is 11.8. The van der Waals surface area contributed by atoms with Gasteiger partial charge in [-0.25, -0.2) is 9.18 Å². The van der Waals surface area contributed by atoms with Crippen LogP contribution in [0.5, 0.6) is 0 Å². The van der Waals surface area contributed by atoms with Gasteiger partial charge in [0.15, 0.2) is 0 Å². The summed E-state index contributed by atoms with van der Waals surface area (Å²) in [6.45, 7) is 2.02. The number of carboxylic acid groups (broad SMARTS) is 1. The minimum atomic E-state index is -1.33. The van der Waals surface area contributed by atoms with E-state index in [4.69, 9.17) is 0 Å². The van der Waals surface area contributed by atoms with Gasteiger partial charge in [-0.2, -0.15) is 0 Å². The van der Waals surface area contributed by atoms with Gasteiger partial charge in [0.25, 0.3) is 5.69 Å². The molecule has 1 aromatic heterocycles.